The first-order chi connectivity index (χ1) is 17.4. The lowest BCUT2D eigenvalue weighted by molar-refractivity contribution is -0.157. The van der Waals surface area contributed by atoms with Crippen LogP contribution in [0, 0.1) is 12.3 Å². The molecule has 0 aliphatic carbocycles. The molecule has 4 amide bonds. The topological polar surface area (TPSA) is 144 Å². The summed E-state index contributed by atoms with van der Waals surface area (Å²) in [6.07, 6.45) is 8.37. The van der Waals surface area contributed by atoms with Gasteiger partial charge >= 0.3 is 6.03 Å². The van der Waals surface area contributed by atoms with Crippen molar-refractivity contribution >= 4 is 44.5 Å². The second kappa shape index (κ2) is 9.48. The molecule has 4 N–H and O–H groups in total. The van der Waals surface area contributed by atoms with Crippen LogP contribution in [0.1, 0.15) is 11.3 Å². The maximum absolute atomic E-state index is 13.8. The number of fused-ring (bicyclic) bond motifs is 2. The lowest BCUT2D eigenvalue weighted by Crippen LogP contribution is -2.66. The van der Waals surface area contributed by atoms with Gasteiger partial charge in [0.25, 0.3) is 0 Å². The molecule has 2 aromatic heterocycles. The molecule has 13 heteroatoms. The average Bonchev–Trinajstić information content (AvgIpc) is 3.58. The van der Waals surface area contributed by atoms with Crippen molar-refractivity contribution in [3.8, 4) is 12.3 Å². The van der Waals surface area contributed by atoms with E-state index in [0.717, 1.165) is 21.5 Å². The summed E-state index contributed by atoms with van der Waals surface area (Å²) < 4.78 is 0.933. The number of benzene rings is 1. The third kappa shape index (κ3) is 4.10. The van der Waals surface area contributed by atoms with Gasteiger partial charge in [-0.15, -0.1) is 6.42 Å². The third-order valence-corrected chi connectivity index (χ3v) is 7.26. The fourth-order valence-electron chi connectivity index (χ4n) is 4.85. The summed E-state index contributed by atoms with van der Waals surface area (Å²) >= 11 is 1.38. The summed E-state index contributed by atoms with van der Waals surface area (Å²) in [5.41, 5.74) is 8.26. The summed E-state index contributed by atoms with van der Waals surface area (Å²) in [4.78, 5) is 54.4. The van der Waals surface area contributed by atoms with Crippen LogP contribution in [0.25, 0.3) is 10.2 Å². The monoisotopic (exact) mass is 507 g/mol. The Bertz CT molecular complexity index is 1350. The van der Waals surface area contributed by atoms with E-state index in [0.29, 0.717) is 5.13 Å². The van der Waals surface area contributed by atoms with Crippen molar-refractivity contribution in [1.82, 2.24) is 40.1 Å². The standard InChI is InChI=1S/C23H25N9O3S/c1-3-7-30(23(35)25-2)31-12-19(33)32-16(8-15-9-26-13-27-15)21(34)29(11-18(31)32)10-14-5-4-6-17-20(14)28-22(24)36-17/h1,4-6,9,13,16,18H,7-8,10-12H2,2H3,(H2,24,28)(H,25,35)(H,26,27)/t16-,18+/m0/s1. The van der Waals surface area contributed by atoms with Gasteiger partial charge in [-0.3, -0.25) is 9.59 Å². The van der Waals surface area contributed by atoms with E-state index in [1.54, 1.807) is 21.0 Å². The van der Waals surface area contributed by atoms with Crippen LogP contribution >= 0.6 is 11.3 Å². The van der Waals surface area contributed by atoms with Crippen LogP contribution in [-0.4, -0.2) is 91.5 Å². The number of thiazole rings is 1. The molecule has 12 nitrogen and oxygen atoms in total. The number of hydrogen-bond donors (Lipinski definition) is 3. The van der Waals surface area contributed by atoms with Gasteiger partial charge in [-0.2, -0.15) is 5.01 Å². The number of hydrogen-bond acceptors (Lipinski definition) is 8. The Morgan fingerprint density at radius 3 is 2.97 bits per heavy atom. The number of hydrazine groups is 1. The van der Waals surface area contributed by atoms with E-state index in [2.05, 4.69) is 26.2 Å². The van der Waals surface area contributed by atoms with E-state index < -0.39 is 18.2 Å². The quantitative estimate of drug-likeness (QED) is 0.405. The molecule has 2 fully saturated rings. The maximum Gasteiger partial charge on any atom is 0.332 e. The number of carbonyl (C=O) groups excluding carboxylic acids is 3. The number of nitrogens with one attached hydrogen (secondary N) is 2. The minimum absolute atomic E-state index is 0.0200. The lowest BCUT2D eigenvalue weighted by Gasteiger charge is -2.46. The predicted molar refractivity (Wildman–Crippen MR) is 133 cm³/mol. The van der Waals surface area contributed by atoms with Crippen LogP contribution in [-0.2, 0) is 22.6 Å². The highest BCUT2D eigenvalue weighted by molar-refractivity contribution is 7.22. The van der Waals surface area contributed by atoms with Crippen molar-refractivity contribution in [2.45, 2.75) is 25.2 Å². The van der Waals surface area contributed by atoms with E-state index in [9.17, 15) is 14.4 Å². The zero-order valence-corrected chi connectivity index (χ0v) is 20.4. The van der Waals surface area contributed by atoms with E-state index in [1.165, 1.54) is 29.7 Å². The molecule has 186 valence electrons. The number of amides is 4. The van der Waals surface area contributed by atoms with Crippen LogP contribution in [0.5, 0.6) is 0 Å². The minimum Gasteiger partial charge on any atom is -0.375 e. The first kappa shape index (κ1) is 23.6. The molecule has 0 spiro atoms. The minimum atomic E-state index is -0.779. The molecule has 5 rings (SSSR count). The molecule has 2 aliphatic rings. The van der Waals surface area contributed by atoms with Gasteiger partial charge in [-0.1, -0.05) is 29.4 Å². The first-order valence-corrected chi connectivity index (χ1v) is 12.1. The van der Waals surface area contributed by atoms with Crippen molar-refractivity contribution in [1.29, 1.82) is 0 Å². The Labute approximate surface area is 211 Å². The first-order valence-electron chi connectivity index (χ1n) is 11.3. The SMILES string of the molecule is C#CCN(C(=O)NC)N1CC(=O)N2[C@@H](Cc3cnc[nH]3)C(=O)N(Cc3cccc4sc(N)nc34)C[C@@H]21. The highest BCUT2D eigenvalue weighted by atomic mass is 32.1. The van der Waals surface area contributed by atoms with Crippen LogP contribution in [0.3, 0.4) is 0 Å². The Morgan fingerprint density at radius 2 is 2.25 bits per heavy atom. The molecule has 2 atom stereocenters. The molecule has 0 bridgehead atoms. The second-order valence-electron chi connectivity index (χ2n) is 8.53. The largest absolute Gasteiger partial charge is 0.375 e. The molecule has 0 radical (unpaired) electrons. The number of aromatic nitrogens is 3. The van der Waals surface area contributed by atoms with Crippen molar-refractivity contribution in [2.75, 3.05) is 32.4 Å². The number of rotatable bonds is 6. The van der Waals surface area contributed by atoms with Crippen molar-refractivity contribution < 1.29 is 14.4 Å². The summed E-state index contributed by atoms with van der Waals surface area (Å²) in [7, 11) is 1.50. The van der Waals surface area contributed by atoms with Gasteiger partial charge in [0.1, 0.15) is 12.2 Å². The zero-order valence-electron chi connectivity index (χ0n) is 19.5. The highest BCUT2D eigenvalue weighted by Crippen LogP contribution is 2.32. The van der Waals surface area contributed by atoms with Gasteiger partial charge in [0.15, 0.2) is 5.13 Å². The number of piperazine rings is 1. The number of anilines is 1. The lowest BCUT2D eigenvalue weighted by atomic mass is 10.0. The molecule has 36 heavy (non-hydrogen) atoms. The van der Waals surface area contributed by atoms with E-state index >= 15 is 0 Å². The number of carbonyl (C=O) groups is 3. The number of urea groups is 1. The number of aromatic amines is 1. The summed E-state index contributed by atoms with van der Waals surface area (Å²) in [6, 6.07) is 4.55. The molecule has 2 aliphatic heterocycles. The smallest absolute Gasteiger partial charge is 0.332 e. The molecule has 1 aromatic carbocycles. The van der Waals surface area contributed by atoms with Crippen LogP contribution in [0.2, 0.25) is 0 Å². The van der Waals surface area contributed by atoms with Gasteiger partial charge in [0.05, 0.1) is 36.2 Å². The van der Waals surface area contributed by atoms with Gasteiger partial charge in [0.2, 0.25) is 11.8 Å². The fraction of sp³-hybridized carbons (Fsp3) is 0.348. The summed E-state index contributed by atoms with van der Waals surface area (Å²) in [6.45, 7) is 0.380. The molecule has 3 aromatic rings. The highest BCUT2D eigenvalue weighted by Gasteiger charge is 2.52. The van der Waals surface area contributed by atoms with Crippen molar-refractivity contribution in [3.63, 3.8) is 0 Å². The third-order valence-electron chi connectivity index (χ3n) is 6.41. The van der Waals surface area contributed by atoms with E-state index in [4.69, 9.17) is 12.2 Å². The zero-order chi connectivity index (χ0) is 25.4. The molecule has 2 saturated heterocycles. The van der Waals surface area contributed by atoms with Crippen LogP contribution in [0.15, 0.2) is 30.7 Å². The van der Waals surface area contributed by atoms with E-state index in [-0.39, 0.29) is 44.4 Å². The molecular formula is C23H25N9O3S. The van der Waals surface area contributed by atoms with Crippen molar-refractivity contribution in [3.05, 3.63) is 42.0 Å². The molecule has 4 heterocycles. The molecule has 0 unspecified atom stereocenters. The normalized spacial score (nSPS) is 20.0. The average molecular weight is 508 g/mol. The Balaban J connectivity index is 1.52. The Hall–Kier alpha value is -4.15. The van der Waals surface area contributed by atoms with Crippen LogP contribution < -0.4 is 11.1 Å². The molecular weight excluding hydrogens is 482 g/mol. The number of H-pyrrole nitrogens is 1. The fourth-order valence-corrected chi connectivity index (χ4v) is 5.63. The molecule has 0 saturated carbocycles. The number of imidazole rings is 1. The van der Waals surface area contributed by atoms with Crippen molar-refractivity contribution in [2.24, 2.45) is 0 Å². The number of nitrogens with zero attached hydrogens (tertiary/aromatic N) is 6. The summed E-state index contributed by atoms with van der Waals surface area (Å²) in [5.74, 6) is 2.03. The Kier molecular flexibility index (Phi) is 6.21. The number of para-hydroxylation sites is 1. The van der Waals surface area contributed by atoms with E-state index in [1.807, 2.05) is 18.2 Å². The van der Waals surface area contributed by atoms with Gasteiger partial charge in [0, 0.05) is 31.9 Å². The number of nitrogen functional groups attached to an aromatic ring is 1. The predicted octanol–water partition coefficient (Wildman–Crippen LogP) is 0.215. The van der Waals surface area contributed by atoms with Gasteiger partial charge in [-0.05, 0) is 11.6 Å². The van der Waals surface area contributed by atoms with Crippen LogP contribution in [0.4, 0.5) is 9.93 Å². The summed E-state index contributed by atoms with van der Waals surface area (Å²) in [5, 5.41) is 6.01. The Morgan fingerprint density at radius 1 is 1.42 bits per heavy atom. The number of terminal acetylenes is 1. The van der Waals surface area contributed by atoms with Gasteiger partial charge < -0.3 is 25.8 Å². The number of nitrogens with two attached hydrogens (primary N) is 1. The second-order valence-corrected chi connectivity index (χ2v) is 9.59. The maximum atomic E-state index is 13.8. The van der Waals surface area contributed by atoms with Gasteiger partial charge in [-0.25, -0.2) is 19.8 Å².